The summed E-state index contributed by atoms with van der Waals surface area (Å²) in [7, 11) is 0. The molecule has 52 heavy (non-hydrogen) atoms. The zero-order chi connectivity index (χ0) is 38.5. The predicted molar refractivity (Wildman–Crippen MR) is 199 cm³/mol. The summed E-state index contributed by atoms with van der Waals surface area (Å²) in [5.41, 5.74) is 0.359. The number of ether oxygens (including phenoxy) is 2. The minimum absolute atomic E-state index is 0.0111. The molecule has 3 N–H and O–H groups in total. The molecule has 1 saturated heterocycles. The normalized spacial score (nSPS) is 22.4. The summed E-state index contributed by atoms with van der Waals surface area (Å²) >= 11 is 1.56. The van der Waals surface area contributed by atoms with Crippen LogP contribution in [0.2, 0.25) is 0 Å². The van der Waals surface area contributed by atoms with Crippen molar-refractivity contribution < 1.29 is 33.8 Å². The molecule has 3 amide bonds. The van der Waals surface area contributed by atoms with Crippen molar-refractivity contribution in [3.8, 4) is 16.6 Å². The number of para-hydroxylation sites is 1. The fourth-order valence-corrected chi connectivity index (χ4v) is 7.62. The Morgan fingerprint density at radius 2 is 1.79 bits per heavy atom. The van der Waals surface area contributed by atoms with Gasteiger partial charge in [0, 0.05) is 29.3 Å². The quantitative estimate of drug-likeness (QED) is 0.192. The van der Waals surface area contributed by atoms with Gasteiger partial charge in [0.15, 0.2) is 0 Å². The van der Waals surface area contributed by atoms with Gasteiger partial charge in [0.05, 0.1) is 17.8 Å². The zero-order valence-corrected chi connectivity index (χ0v) is 32.6. The van der Waals surface area contributed by atoms with Crippen molar-refractivity contribution in [3.63, 3.8) is 0 Å². The number of carbonyl (C=O) groups excluding carboxylic acids is 3. The second-order valence-corrected chi connectivity index (χ2v) is 17.4. The lowest BCUT2D eigenvalue weighted by Crippen LogP contribution is -2.59. The maximum Gasteiger partial charge on any atom is 0.408 e. The van der Waals surface area contributed by atoms with Crippen LogP contribution in [-0.4, -0.2) is 84.3 Å². The van der Waals surface area contributed by atoms with Gasteiger partial charge in [-0.15, -0.1) is 17.9 Å². The van der Waals surface area contributed by atoms with Crippen LogP contribution in [0, 0.1) is 11.3 Å². The van der Waals surface area contributed by atoms with E-state index in [2.05, 4.69) is 36.4 Å². The number of rotatable bonds is 11. The van der Waals surface area contributed by atoms with Crippen LogP contribution in [-0.2, 0) is 19.1 Å². The molecule has 3 heterocycles. The van der Waals surface area contributed by atoms with E-state index in [9.17, 15) is 24.3 Å². The summed E-state index contributed by atoms with van der Waals surface area (Å²) in [5, 5.41) is 18.4. The van der Waals surface area contributed by atoms with E-state index in [1.54, 1.807) is 52.9 Å². The molecule has 282 valence electrons. The zero-order valence-electron chi connectivity index (χ0n) is 31.8. The summed E-state index contributed by atoms with van der Waals surface area (Å²) in [6.45, 7) is 22.5. The molecule has 0 unspecified atom stereocenters. The van der Waals surface area contributed by atoms with E-state index in [4.69, 9.17) is 19.4 Å². The van der Waals surface area contributed by atoms with Crippen molar-refractivity contribution in [1.82, 2.24) is 30.1 Å². The number of likely N-dealkylation sites (tertiary alicyclic amines) is 1. The van der Waals surface area contributed by atoms with Gasteiger partial charge in [-0.1, -0.05) is 46.8 Å². The van der Waals surface area contributed by atoms with Crippen LogP contribution in [0.3, 0.4) is 0 Å². The number of benzene rings is 1. The SMILES string of the molecule is C=C[C@@H]1C[C@]1(NC(=O)[C@@H]1C[C@@H](Oc2nc3c(-c4nc(C(C)C)cs4)cccc3n2C(C)C)CN1C(=O)[C@@H](NC(=O)OC(C)(C)C)C(C)(C)C)C(=O)O. The van der Waals surface area contributed by atoms with Crippen molar-refractivity contribution in [3.05, 3.63) is 41.9 Å². The number of alkyl carbamates (subject to hydrolysis) is 1. The number of hydrogen-bond donors (Lipinski definition) is 3. The van der Waals surface area contributed by atoms with Crippen LogP contribution >= 0.6 is 11.3 Å². The van der Waals surface area contributed by atoms with Crippen molar-refractivity contribution in [2.45, 2.75) is 123 Å². The second kappa shape index (κ2) is 14.2. The lowest BCUT2D eigenvalue weighted by Gasteiger charge is -2.35. The number of carboxylic acids is 1. The predicted octanol–water partition coefficient (Wildman–Crippen LogP) is 6.30. The van der Waals surface area contributed by atoms with Crippen molar-refractivity contribution >= 4 is 46.2 Å². The molecule has 13 nitrogen and oxygen atoms in total. The van der Waals surface area contributed by atoms with Crippen LogP contribution in [0.15, 0.2) is 36.2 Å². The number of aliphatic carboxylic acids is 1. The Morgan fingerprint density at radius 1 is 1.10 bits per heavy atom. The molecule has 2 aromatic heterocycles. The number of nitrogens with zero attached hydrogens (tertiary/aromatic N) is 4. The van der Waals surface area contributed by atoms with Crippen molar-refractivity contribution in [2.75, 3.05) is 6.54 Å². The van der Waals surface area contributed by atoms with Gasteiger partial charge in [-0.2, -0.15) is 4.98 Å². The van der Waals surface area contributed by atoms with E-state index in [1.807, 2.05) is 36.6 Å². The van der Waals surface area contributed by atoms with Crippen LogP contribution in [0.5, 0.6) is 6.01 Å². The van der Waals surface area contributed by atoms with E-state index in [1.165, 1.54) is 11.0 Å². The molecule has 5 atom stereocenters. The Balaban J connectivity index is 1.50. The molecule has 2 aliphatic rings. The molecular weight excluding hydrogens is 685 g/mol. The molecule has 0 spiro atoms. The number of aromatic nitrogens is 3. The molecule has 0 bridgehead atoms. The molecule has 2 fully saturated rings. The number of nitrogens with one attached hydrogen (secondary N) is 2. The minimum atomic E-state index is -1.50. The number of hydrogen-bond acceptors (Lipinski definition) is 9. The van der Waals surface area contributed by atoms with Gasteiger partial charge in [-0.05, 0) is 64.5 Å². The fraction of sp³-hybridized carbons (Fsp3) is 0.579. The van der Waals surface area contributed by atoms with E-state index in [0.717, 1.165) is 27.3 Å². The lowest BCUT2D eigenvalue weighted by molar-refractivity contribution is -0.146. The van der Waals surface area contributed by atoms with Gasteiger partial charge < -0.3 is 30.1 Å². The maximum atomic E-state index is 14.5. The first-order valence-corrected chi connectivity index (χ1v) is 18.7. The van der Waals surface area contributed by atoms with Crippen LogP contribution in [0.1, 0.15) is 99.7 Å². The van der Waals surface area contributed by atoms with E-state index >= 15 is 0 Å². The first-order valence-electron chi connectivity index (χ1n) is 17.8. The summed E-state index contributed by atoms with van der Waals surface area (Å²) in [5.74, 6) is -2.48. The van der Waals surface area contributed by atoms with Crippen LogP contribution in [0.25, 0.3) is 21.6 Å². The number of carbonyl (C=O) groups is 4. The number of amides is 3. The number of thiazole rings is 1. The Kier molecular flexibility index (Phi) is 10.6. The highest BCUT2D eigenvalue weighted by Crippen LogP contribution is 2.45. The molecule has 0 radical (unpaired) electrons. The molecule has 1 aliphatic carbocycles. The van der Waals surface area contributed by atoms with E-state index in [0.29, 0.717) is 6.01 Å². The highest BCUT2D eigenvalue weighted by atomic mass is 32.1. The minimum Gasteiger partial charge on any atom is -0.479 e. The van der Waals surface area contributed by atoms with E-state index in [-0.39, 0.29) is 31.3 Å². The number of carboxylic acid groups (broad SMARTS) is 1. The first-order chi connectivity index (χ1) is 24.2. The molecule has 1 aromatic carbocycles. The van der Waals surface area contributed by atoms with Crippen molar-refractivity contribution in [2.24, 2.45) is 11.3 Å². The summed E-state index contributed by atoms with van der Waals surface area (Å²) < 4.78 is 14.1. The highest BCUT2D eigenvalue weighted by Gasteiger charge is 2.61. The van der Waals surface area contributed by atoms with E-state index < -0.39 is 64.5 Å². The average Bonchev–Trinajstić information content (AvgIpc) is 3.38. The third-order valence-corrected chi connectivity index (χ3v) is 10.4. The standard InChI is InChI=1S/C38H52N6O7S/c1-12-22-17-38(22,33(47)48)42-30(45)27-16-23(18-43(27)32(46)29(36(6,7)8)41-35(49)51-37(9,10)11)50-34-40-28-24(31-39-25(19-52-31)20(2)3)14-13-15-26(28)44(34)21(4)5/h12-15,19-23,27,29H,1,16-18H2,2-11H3,(H,41,49)(H,42,45)(H,47,48)/t22-,23-,27+,29-,38-/m1/s1. The topological polar surface area (TPSA) is 165 Å². The average molecular weight is 737 g/mol. The van der Waals surface area contributed by atoms with Crippen LogP contribution < -0.4 is 15.4 Å². The largest absolute Gasteiger partial charge is 0.479 e. The molecule has 14 heteroatoms. The summed E-state index contributed by atoms with van der Waals surface area (Å²) in [4.78, 5) is 65.0. The summed E-state index contributed by atoms with van der Waals surface area (Å²) in [6, 6.07) is 4.02. The van der Waals surface area contributed by atoms with Crippen molar-refractivity contribution in [1.29, 1.82) is 0 Å². The van der Waals surface area contributed by atoms with Gasteiger partial charge in [-0.3, -0.25) is 14.2 Å². The van der Waals surface area contributed by atoms with Gasteiger partial charge in [0.1, 0.15) is 39.9 Å². The smallest absolute Gasteiger partial charge is 0.408 e. The van der Waals surface area contributed by atoms with Gasteiger partial charge >= 0.3 is 12.1 Å². The summed E-state index contributed by atoms with van der Waals surface area (Å²) in [6.07, 6.45) is 0.308. The Bertz CT molecular complexity index is 1870. The Morgan fingerprint density at radius 3 is 2.33 bits per heavy atom. The van der Waals surface area contributed by atoms with Gasteiger partial charge in [-0.25, -0.2) is 14.6 Å². The van der Waals surface area contributed by atoms with Gasteiger partial charge in [0.2, 0.25) is 11.8 Å². The molecule has 1 aliphatic heterocycles. The third-order valence-electron chi connectivity index (χ3n) is 9.47. The number of imidazole rings is 1. The van der Waals surface area contributed by atoms with Gasteiger partial charge in [0.25, 0.3) is 6.01 Å². The molecule has 5 rings (SSSR count). The number of fused-ring (bicyclic) bond motifs is 1. The molecular formula is C38H52N6O7S. The monoisotopic (exact) mass is 736 g/mol. The highest BCUT2D eigenvalue weighted by molar-refractivity contribution is 7.13. The fourth-order valence-electron chi connectivity index (χ4n) is 6.61. The Hall–Kier alpha value is -4.46. The van der Waals surface area contributed by atoms with Crippen LogP contribution in [0.4, 0.5) is 4.79 Å². The maximum absolute atomic E-state index is 14.5. The second-order valence-electron chi connectivity index (χ2n) is 16.5. The third kappa shape index (κ3) is 7.81. The lowest BCUT2D eigenvalue weighted by atomic mass is 9.85. The first kappa shape index (κ1) is 38.8. The Labute approximate surface area is 309 Å². The molecule has 1 saturated carbocycles. The molecule has 3 aromatic rings.